The van der Waals surface area contributed by atoms with Crippen LogP contribution in [0.4, 0.5) is 8.78 Å². The lowest BCUT2D eigenvalue weighted by atomic mass is 10.2. The summed E-state index contributed by atoms with van der Waals surface area (Å²) < 4.78 is 34.1. The third-order valence-electron chi connectivity index (χ3n) is 3.76. The molecule has 5 nitrogen and oxygen atoms in total. The average Bonchev–Trinajstić information content (AvgIpc) is 2.96. The zero-order valence-electron chi connectivity index (χ0n) is 14.4. The first-order valence-electron chi connectivity index (χ1n) is 8.27. The molecule has 0 aliphatic rings. The molecule has 0 aliphatic carbocycles. The minimum absolute atomic E-state index is 0.0817. The Morgan fingerprint density at radius 2 is 1.93 bits per heavy atom. The van der Waals surface area contributed by atoms with Crippen molar-refractivity contribution >= 4 is 33.4 Å². The molecule has 0 saturated heterocycles. The molecule has 0 saturated carbocycles. The molecule has 0 aliphatic heterocycles. The van der Waals surface area contributed by atoms with Gasteiger partial charge in [-0.1, -0.05) is 17.4 Å². The van der Waals surface area contributed by atoms with Gasteiger partial charge in [0, 0.05) is 12.1 Å². The van der Waals surface area contributed by atoms with Gasteiger partial charge in [-0.3, -0.25) is 9.59 Å². The second-order valence-electron chi connectivity index (χ2n) is 5.63. The van der Waals surface area contributed by atoms with Crippen molar-refractivity contribution in [2.24, 2.45) is 4.99 Å². The molecule has 1 heterocycles. The smallest absolute Gasteiger partial charge is 0.307 e. The van der Waals surface area contributed by atoms with E-state index < -0.39 is 17.5 Å². The van der Waals surface area contributed by atoms with E-state index in [1.807, 2.05) is 0 Å². The van der Waals surface area contributed by atoms with E-state index in [-0.39, 0.29) is 31.1 Å². The highest BCUT2D eigenvalue weighted by Crippen LogP contribution is 2.19. The molecule has 0 N–H and O–H groups in total. The van der Waals surface area contributed by atoms with E-state index in [9.17, 15) is 18.4 Å². The Morgan fingerprint density at radius 1 is 1.15 bits per heavy atom. The Morgan fingerprint density at radius 3 is 2.67 bits per heavy atom. The monoisotopic (exact) mass is 390 g/mol. The number of aromatic nitrogens is 1. The average molecular weight is 390 g/mol. The number of amides is 1. The third-order valence-corrected chi connectivity index (χ3v) is 4.80. The Kier molecular flexibility index (Phi) is 5.75. The van der Waals surface area contributed by atoms with E-state index in [1.165, 1.54) is 30.3 Å². The first kappa shape index (κ1) is 18.9. The lowest BCUT2D eigenvalue weighted by Gasteiger charge is -2.05. The number of hydrogen-bond donors (Lipinski definition) is 0. The molecule has 3 aromatic rings. The number of carbonyl (C=O) groups is 2. The predicted molar refractivity (Wildman–Crippen MR) is 97.3 cm³/mol. The van der Waals surface area contributed by atoms with Crippen molar-refractivity contribution in [1.82, 2.24) is 4.57 Å². The molecule has 2 aromatic carbocycles. The number of rotatable bonds is 5. The number of fused-ring (bicyclic) bond motifs is 1. The lowest BCUT2D eigenvalue weighted by molar-refractivity contribution is -0.143. The van der Waals surface area contributed by atoms with Gasteiger partial charge in [0.25, 0.3) is 5.91 Å². The van der Waals surface area contributed by atoms with E-state index in [1.54, 1.807) is 17.6 Å². The second-order valence-corrected chi connectivity index (χ2v) is 6.64. The van der Waals surface area contributed by atoms with Gasteiger partial charge in [0.2, 0.25) is 0 Å². The summed E-state index contributed by atoms with van der Waals surface area (Å²) in [5.41, 5.74) is 0.757. The highest BCUT2D eigenvalue weighted by atomic mass is 32.1. The van der Waals surface area contributed by atoms with Crippen LogP contribution >= 0.6 is 11.3 Å². The predicted octanol–water partition coefficient (Wildman–Crippen LogP) is 3.68. The number of carbonyl (C=O) groups excluding carboxylic acids is 2. The summed E-state index contributed by atoms with van der Waals surface area (Å²) in [7, 11) is 0. The number of ether oxygens (including phenoxy) is 1. The van der Waals surface area contributed by atoms with Crippen molar-refractivity contribution in [1.29, 1.82) is 0 Å². The second kappa shape index (κ2) is 8.22. The number of aryl methyl sites for hydroxylation is 1. The molecule has 0 radical (unpaired) electrons. The molecule has 0 bridgehead atoms. The maximum atomic E-state index is 13.5. The van der Waals surface area contributed by atoms with Crippen molar-refractivity contribution in [3.63, 3.8) is 0 Å². The summed E-state index contributed by atoms with van der Waals surface area (Å²) in [6.45, 7) is 2.21. The minimum atomic E-state index is -0.619. The van der Waals surface area contributed by atoms with Crippen LogP contribution in [-0.2, 0) is 16.1 Å². The molecule has 8 heteroatoms. The standard InChI is InChI=1S/C19H16F2N2O3S/c1-2-26-17(24)8-9-23-15-7-6-14(21)11-16(15)27-19(23)22-18(25)12-4-3-5-13(20)10-12/h3-7,10-11H,2,8-9H2,1H3. The van der Waals surface area contributed by atoms with Crippen molar-refractivity contribution in [2.45, 2.75) is 19.9 Å². The van der Waals surface area contributed by atoms with E-state index in [0.29, 0.717) is 15.0 Å². The summed E-state index contributed by atoms with van der Waals surface area (Å²) in [6, 6.07) is 9.43. The van der Waals surface area contributed by atoms with Gasteiger partial charge in [-0.05, 0) is 43.3 Å². The molecule has 0 atom stereocenters. The van der Waals surface area contributed by atoms with Crippen LogP contribution in [-0.4, -0.2) is 23.1 Å². The normalized spacial score (nSPS) is 11.7. The van der Waals surface area contributed by atoms with Crippen LogP contribution in [0.25, 0.3) is 10.2 Å². The molecule has 1 amide bonds. The number of esters is 1. The Labute approximate surface area is 157 Å². The van der Waals surface area contributed by atoms with Gasteiger partial charge in [-0.15, -0.1) is 0 Å². The van der Waals surface area contributed by atoms with Gasteiger partial charge in [-0.25, -0.2) is 8.78 Å². The first-order valence-corrected chi connectivity index (χ1v) is 9.08. The zero-order chi connectivity index (χ0) is 19.4. The van der Waals surface area contributed by atoms with Crippen molar-refractivity contribution in [3.8, 4) is 0 Å². The van der Waals surface area contributed by atoms with E-state index in [0.717, 1.165) is 17.4 Å². The van der Waals surface area contributed by atoms with Gasteiger partial charge in [0.15, 0.2) is 4.80 Å². The fourth-order valence-corrected chi connectivity index (χ4v) is 3.64. The molecular formula is C19H16F2N2O3S. The van der Waals surface area contributed by atoms with Crippen LogP contribution in [0.5, 0.6) is 0 Å². The van der Waals surface area contributed by atoms with Crippen molar-refractivity contribution in [3.05, 3.63) is 64.5 Å². The third kappa shape index (κ3) is 4.46. The van der Waals surface area contributed by atoms with Gasteiger partial charge in [0.1, 0.15) is 11.6 Å². The minimum Gasteiger partial charge on any atom is -0.466 e. The van der Waals surface area contributed by atoms with E-state index in [4.69, 9.17) is 4.74 Å². The fraction of sp³-hybridized carbons (Fsp3) is 0.211. The highest BCUT2D eigenvalue weighted by Gasteiger charge is 2.12. The quantitative estimate of drug-likeness (QED) is 0.625. The maximum absolute atomic E-state index is 13.5. The summed E-state index contributed by atoms with van der Waals surface area (Å²) in [5.74, 6) is -1.95. The summed E-state index contributed by atoms with van der Waals surface area (Å²) in [4.78, 5) is 28.4. The molecule has 0 spiro atoms. The van der Waals surface area contributed by atoms with Crippen LogP contribution in [0.1, 0.15) is 23.7 Å². The van der Waals surface area contributed by atoms with Gasteiger partial charge in [-0.2, -0.15) is 4.99 Å². The van der Waals surface area contributed by atoms with Crippen LogP contribution in [0.2, 0.25) is 0 Å². The molecule has 27 heavy (non-hydrogen) atoms. The van der Waals surface area contributed by atoms with Gasteiger partial charge < -0.3 is 9.30 Å². The van der Waals surface area contributed by atoms with Crippen LogP contribution in [0.15, 0.2) is 47.5 Å². The first-order chi connectivity index (χ1) is 13.0. The van der Waals surface area contributed by atoms with Crippen LogP contribution < -0.4 is 4.80 Å². The SMILES string of the molecule is CCOC(=O)CCn1c(=NC(=O)c2cccc(F)c2)sc2cc(F)ccc21. The van der Waals surface area contributed by atoms with Crippen LogP contribution in [0, 0.1) is 11.6 Å². The summed E-state index contributed by atoms with van der Waals surface area (Å²) >= 11 is 1.12. The van der Waals surface area contributed by atoms with E-state index >= 15 is 0 Å². The molecule has 0 fully saturated rings. The molecule has 3 rings (SSSR count). The van der Waals surface area contributed by atoms with E-state index in [2.05, 4.69) is 4.99 Å². The van der Waals surface area contributed by atoms with Crippen molar-refractivity contribution < 1.29 is 23.1 Å². The van der Waals surface area contributed by atoms with Crippen LogP contribution in [0.3, 0.4) is 0 Å². The van der Waals surface area contributed by atoms with Gasteiger partial charge >= 0.3 is 5.97 Å². The number of thiazole rings is 1. The Balaban J connectivity index is 2.03. The molecule has 140 valence electrons. The Hall–Kier alpha value is -2.87. The number of nitrogens with zero attached hydrogens (tertiary/aromatic N) is 2. The summed E-state index contributed by atoms with van der Waals surface area (Å²) in [5, 5.41) is 0. The Bertz CT molecular complexity index is 1070. The topological polar surface area (TPSA) is 60.7 Å². The zero-order valence-corrected chi connectivity index (χ0v) is 15.3. The van der Waals surface area contributed by atoms with Crippen molar-refractivity contribution in [2.75, 3.05) is 6.61 Å². The fourth-order valence-electron chi connectivity index (χ4n) is 2.56. The number of benzene rings is 2. The van der Waals surface area contributed by atoms with Gasteiger partial charge in [0.05, 0.1) is 23.2 Å². The number of halogens is 2. The number of hydrogen-bond acceptors (Lipinski definition) is 4. The lowest BCUT2D eigenvalue weighted by Crippen LogP contribution is -2.19. The molecule has 0 unspecified atom stereocenters. The molecular weight excluding hydrogens is 374 g/mol. The highest BCUT2D eigenvalue weighted by molar-refractivity contribution is 7.16. The molecule has 1 aromatic heterocycles. The largest absolute Gasteiger partial charge is 0.466 e. The maximum Gasteiger partial charge on any atom is 0.307 e. The summed E-state index contributed by atoms with van der Waals surface area (Å²) in [6.07, 6.45) is 0.0817.